The van der Waals surface area contributed by atoms with Gasteiger partial charge in [0.05, 0.1) is 9.26 Å². The molecule has 0 bridgehead atoms. The summed E-state index contributed by atoms with van der Waals surface area (Å²) in [5.41, 5.74) is 2.22. The van der Waals surface area contributed by atoms with Gasteiger partial charge in [-0.05, 0) is 35.4 Å². The van der Waals surface area contributed by atoms with Crippen molar-refractivity contribution >= 4 is 28.4 Å². The Bertz CT molecular complexity index is 607. The normalized spacial score (nSPS) is 15.9. The highest BCUT2D eigenvalue weighted by molar-refractivity contribution is 14.1. The van der Waals surface area contributed by atoms with Gasteiger partial charge in [0.1, 0.15) is 11.6 Å². The first-order valence-electron chi connectivity index (χ1n) is 7.60. The van der Waals surface area contributed by atoms with Gasteiger partial charge in [0.25, 0.3) is 0 Å². The summed E-state index contributed by atoms with van der Waals surface area (Å²) in [6, 6.07) is 10.4. The summed E-state index contributed by atoms with van der Waals surface area (Å²) >= 11 is 2.34. The van der Waals surface area contributed by atoms with Gasteiger partial charge in [0, 0.05) is 18.5 Å². The molecule has 1 heterocycles. The number of nitrogens with zero attached hydrogens (tertiary/aromatic N) is 2. The monoisotopic (exact) mass is 393 g/mol. The van der Waals surface area contributed by atoms with Crippen LogP contribution in [0.2, 0.25) is 0 Å². The highest BCUT2D eigenvalue weighted by Gasteiger charge is 2.21. The zero-order valence-electron chi connectivity index (χ0n) is 12.3. The Balaban J connectivity index is 2.06. The maximum absolute atomic E-state index is 4.92. The highest BCUT2D eigenvalue weighted by atomic mass is 127. The number of benzene rings is 1. The quantitative estimate of drug-likeness (QED) is 0.759. The third-order valence-electron chi connectivity index (χ3n) is 4.12. The van der Waals surface area contributed by atoms with Crippen molar-refractivity contribution in [3.05, 3.63) is 39.7 Å². The fourth-order valence-corrected chi connectivity index (χ4v) is 3.78. The summed E-state index contributed by atoms with van der Waals surface area (Å²) in [5, 5.41) is 3.23. The number of rotatable bonds is 3. The van der Waals surface area contributed by atoms with Gasteiger partial charge in [-0.3, -0.25) is 0 Å². The van der Waals surface area contributed by atoms with Crippen LogP contribution in [-0.4, -0.2) is 17.0 Å². The third-order valence-corrected chi connectivity index (χ3v) is 5.14. The lowest BCUT2D eigenvalue weighted by molar-refractivity contribution is 0.429. The molecule has 1 saturated carbocycles. The largest absolute Gasteiger partial charge is 0.372 e. The molecule has 0 saturated heterocycles. The topological polar surface area (TPSA) is 37.8 Å². The molecule has 1 aromatic heterocycles. The average Bonchev–Trinajstić information content (AvgIpc) is 2.56. The van der Waals surface area contributed by atoms with E-state index in [0.29, 0.717) is 5.92 Å². The predicted molar refractivity (Wildman–Crippen MR) is 95.6 cm³/mol. The van der Waals surface area contributed by atoms with Crippen molar-refractivity contribution < 1.29 is 0 Å². The summed E-state index contributed by atoms with van der Waals surface area (Å²) in [4.78, 5) is 9.69. The fraction of sp³-hybridized carbons (Fsp3) is 0.412. The zero-order valence-corrected chi connectivity index (χ0v) is 14.4. The molecule has 21 heavy (non-hydrogen) atoms. The molecular formula is C17H20IN3. The van der Waals surface area contributed by atoms with E-state index in [1.54, 1.807) is 0 Å². The van der Waals surface area contributed by atoms with Crippen LogP contribution in [0.4, 0.5) is 5.82 Å². The van der Waals surface area contributed by atoms with E-state index in [2.05, 4.69) is 52.2 Å². The van der Waals surface area contributed by atoms with Gasteiger partial charge in [-0.1, -0.05) is 49.6 Å². The van der Waals surface area contributed by atoms with Crippen molar-refractivity contribution in [1.82, 2.24) is 9.97 Å². The smallest absolute Gasteiger partial charge is 0.143 e. The maximum atomic E-state index is 4.92. The first kappa shape index (κ1) is 14.8. The molecule has 1 aromatic carbocycles. The Labute approximate surface area is 139 Å². The number of hydrogen-bond acceptors (Lipinski definition) is 3. The molecule has 1 aliphatic rings. The second-order valence-electron chi connectivity index (χ2n) is 5.54. The van der Waals surface area contributed by atoms with Crippen molar-refractivity contribution in [2.45, 2.75) is 38.0 Å². The molecule has 1 N–H and O–H groups in total. The average molecular weight is 393 g/mol. The van der Waals surface area contributed by atoms with Gasteiger partial charge >= 0.3 is 0 Å². The summed E-state index contributed by atoms with van der Waals surface area (Å²) in [6.07, 6.45) is 6.40. The molecule has 0 radical (unpaired) electrons. The summed E-state index contributed by atoms with van der Waals surface area (Å²) < 4.78 is 1.10. The lowest BCUT2D eigenvalue weighted by Crippen LogP contribution is -2.12. The molecule has 3 nitrogen and oxygen atoms in total. The zero-order chi connectivity index (χ0) is 14.7. The van der Waals surface area contributed by atoms with Crippen LogP contribution < -0.4 is 5.32 Å². The standard InChI is InChI=1S/C17H20IN3/c1-19-17-14(18)15(12-8-4-2-5-9-12)20-16(21-17)13-10-6-3-7-11-13/h2,4-5,8-9,13H,3,6-7,10-11H2,1H3,(H,19,20,21). The van der Waals surface area contributed by atoms with Crippen LogP contribution in [0.3, 0.4) is 0 Å². The Kier molecular flexibility index (Phi) is 4.73. The molecule has 1 fully saturated rings. The number of nitrogens with one attached hydrogen (secondary N) is 1. The second-order valence-corrected chi connectivity index (χ2v) is 6.62. The lowest BCUT2D eigenvalue weighted by Gasteiger charge is -2.22. The van der Waals surface area contributed by atoms with E-state index >= 15 is 0 Å². The molecule has 0 spiro atoms. The van der Waals surface area contributed by atoms with E-state index < -0.39 is 0 Å². The molecule has 110 valence electrons. The Morgan fingerprint density at radius 3 is 2.43 bits per heavy atom. The van der Waals surface area contributed by atoms with E-state index in [0.717, 1.165) is 26.5 Å². The highest BCUT2D eigenvalue weighted by Crippen LogP contribution is 2.34. The van der Waals surface area contributed by atoms with Gasteiger partial charge in [-0.15, -0.1) is 0 Å². The molecule has 3 rings (SSSR count). The van der Waals surface area contributed by atoms with Gasteiger partial charge in [0.15, 0.2) is 0 Å². The second kappa shape index (κ2) is 6.73. The van der Waals surface area contributed by atoms with Crippen molar-refractivity contribution in [3.8, 4) is 11.3 Å². The number of aromatic nitrogens is 2. The van der Waals surface area contributed by atoms with E-state index in [9.17, 15) is 0 Å². The van der Waals surface area contributed by atoms with Crippen LogP contribution in [0.15, 0.2) is 30.3 Å². The first-order chi connectivity index (χ1) is 10.3. The van der Waals surface area contributed by atoms with Crippen LogP contribution in [0.25, 0.3) is 11.3 Å². The van der Waals surface area contributed by atoms with Gasteiger partial charge in [-0.2, -0.15) is 0 Å². The van der Waals surface area contributed by atoms with E-state index in [1.165, 1.54) is 32.1 Å². The van der Waals surface area contributed by atoms with Crippen LogP contribution in [0, 0.1) is 3.57 Å². The summed E-state index contributed by atoms with van der Waals surface area (Å²) in [7, 11) is 1.93. The van der Waals surface area contributed by atoms with E-state index in [4.69, 9.17) is 9.97 Å². The van der Waals surface area contributed by atoms with Crippen molar-refractivity contribution in [3.63, 3.8) is 0 Å². The minimum Gasteiger partial charge on any atom is -0.372 e. The number of anilines is 1. The summed E-state index contributed by atoms with van der Waals surface area (Å²) in [6.45, 7) is 0. The van der Waals surface area contributed by atoms with Gasteiger partial charge < -0.3 is 5.32 Å². The lowest BCUT2D eigenvalue weighted by atomic mass is 9.88. The van der Waals surface area contributed by atoms with Crippen molar-refractivity contribution in [2.75, 3.05) is 12.4 Å². The number of halogens is 1. The molecule has 0 aliphatic heterocycles. The third kappa shape index (κ3) is 3.20. The van der Waals surface area contributed by atoms with Crippen LogP contribution in [-0.2, 0) is 0 Å². The minimum atomic E-state index is 0.519. The van der Waals surface area contributed by atoms with Crippen LogP contribution in [0.5, 0.6) is 0 Å². The minimum absolute atomic E-state index is 0.519. The summed E-state index contributed by atoms with van der Waals surface area (Å²) in [5.74, 6) is 2.48. The Morgan fingerprint density at radius 1 is 1.05 bits per heavy atom. The molecule has 4 heteroatoms. The molecule has 2 aromatic rings. The van der Waals surface area contributed by atoms with Gasteiger partial charge in [-0.25, -0.2) is 9.97 Å². The van der Waals surface area contributed by atoms with Crippen LogP contribution in [0.1, 0.15) is 43.8 Å². The van der Waals surface area contributed by atoms with Crippen molar-refractivity contribution in [1.29, 1.82) is 0 Å². The van der Waals surface area contributed by atoms with Crippen LogP contribution >= 0.6 is 22.6 Å². The number of hydrogen-bond donors (Lipinski definition) is 1. The van der Waals surface area contributed by atoms with Gasteiger partial charge in [0.2, 0.25) is 0 Å². The molecule has 0 atom stereocenters. The predicted octanol–water partition coefficient (Wildman–Crippen LogP) is 4.84. The molecule has 1 aliphatic carbocycles. The molecular weight excluding hydrogens is 373 g/mol. The molecule has 0 unspecified atom stereocenters. The van der Waals surface area contributed by atoms with E-state index in [1.807, 2.05) is 13.1 Å². The van der Waals surface area contributed by atoms with Crippen molar-refractivity contribution in [2.24, 2.45) is 0 Å². The molecule has 0 amide bonds. The Morgan fingerprint density at radius 2 is 1.76 bits per heavy atom. The maximum Gasteiger partial charge on any atom is 0.143 e. The SMILES string of the molecule is CNc1nc(C2CCCCC2)nc(-c2ccccc2)c1I. The fourth-order valence-electron chi connectivity index (χ4n) is 2.96. The Hall–Kier alpha value is -1.17. The first-order valence-corrected chi connectivity index (χ1v) is 8.68. The van der Waals surface area contributed by atoms with E-state index in [-0.39, 0.29) is 0 Å².